The Morgan fingerprint density at radius 3 is 2.17 bits per heavy atom. The number of nitrogens with zero attached hydrogens (tertiary/aromatic N) is 1. The van der Waals surface area contributed by atoms with Crippen molar-refractivity contribution in [3.8, 4) is 5.75 Å². The van der Waals surface area contributed by atoms with Crippen LogP contribution >= 0.6 is 0 Å². The molecule has 0 saturated carbocycles. The summed E-state index contributed by atoms with van der Waals surface area (Å²) in [5.74, 6) is 0.252. The van der Waals surface area contributed by atoms with Crippen LogP contribution in [0.1, 0.15) is 63.5 Å². The molecule has 0 aliphatic carbocycles. The summed E-state index contributed by atoms with van der Waals surface area (Å²) in [6.07, 6.45) is -2.70. The van der Waals surface area contributed by atoms with Crippen LogP contribution in [0, 0.1) is 0 Å². The molecule has 1 aliphatic heterocycles. The highest BCUT2D eigenvalue weighted by molar-refractivity contribution is 5.41. The van der Waals surface area contributed by atoms with E-state index in [1.807, 2.05) is 19.9 Å². The molecule has 1 aromatic rings. The van der Waals surface area contributed by atoms with Gasteiger partial charge in [-0.1, -0.05) is 26.0 Å². The van der Waals surface area contributed by atoms with Crippen molar-refractivity contribution >= 4 is 0 Å². The Balaban J connectivity index is 2.19. The number of rotatable bonds is 4. The zero-order valence-electron chi connectivity index (χ0n) is 14.3. The van der Waals surface area contributed by atoms with Gasteiger partial charge in [-0.05, 0) is 68.8 Å². The lowest BCUT2D eigenvalue weighted by Crippen LogP contribution is -2.37. The van der Waals surface area contributed by atoms with Gasteiger partial charge in [-0.15, -0.1) is 13.2 Å². The number of benzene rings is 1. The van der Waals surface area contributed by atoms with E-state index in [0.29, 0.717) is 17.5 Å². The van der Waals surface area contributed by atoms with Crippen LogP contribution in [-0.4, -0.2) is 30.4 Å². The third-order valence-electron chi connectivity index (χ3n) is 4.62. The van der Waals surface area contributed by atoms with Crippen molar-refractivity contribution in [2.24, 2.45) is 0 Å². The predicted molar refractivity (Wildman–Crippen MR) is 85.9 cm³/mol. The second kappa shape index (κ2) is 7.12. The van der Waals surface area contributed by atoms with Crippen molar-refractivity contribution in [3.63, 3.8) is 0 Å². The van der Waals surface area contributed by atoms with Crippen LogP contribution in [0.25, 0.3) is 0 Å². The first-order valence-corrected chi connectivity index (χ1v) is 8.31. The van der Waals surface area contributed by atoms with Gasteiger partial charge in [0.2, 0.25) is 0 Å². The molecule has 1 aromatic carbocycles. The molecule has 0 bridgehead atoms. The lowest BCUT2D eigenvalue weighted by atomic mass is 9.87. The second-order valence-electron chi connectivity index (χ2n) is 6.90. The first-order chi connectivity index (χ1) is 10.7. The quantitative estimate of drug-likeness (QED) is 0.743. The summed E-state index contributed by atoms with van der Waals surface area (Å²) in [6, 6.07) is 5.87. The Labute approximate surface area is 136 Å². The summed E-state index contributed by atoms with van der Waals surface area (Å²) in [5, 5.41) is 0. The molecule has 1 fully saturated rings. The number of alkyl halides is 3. The lowest BCUT2D eigenvalue weighted by molar-refractivity contribution is -0.275. The Morgan fingerprint density at radius 2 is 1.70 bits per heavy atom. The highest BCUT2D eigenvalue weighted by atomic mass is 19.4. The minimum absolute atomic E-state index is 0.0100. The topological polar surface area (TPSA) is 12.5 Å². The summed E-state index contributed by atoms with van der Waals surface area (Å²) < 4.78 is 42.3. The molecule has 5 heteroatoms. The first kappa shape index (κ1) is 18.1. The normalized spacial score (nSPS) is 18.0. The summed E-state index contributed by atoms with van der Waals surface area (Å²) >= 11 is 0. The summed E-state index contributed by atoms with van der Waals surface area (Å²) in [6.45, 7) is 10.1. The SMILES string of the molecule is CC(C)c1ccc(C2CCN(C(C)C)CC2)cc1OC(F)(F)F. The highest BCUT2D eigenvalue weighted by Gasteiger charge is 2.33. The molecule has 0 radical (unpaired) electrons. The molecule has 130 valence electrons. The van der Waals surface area contributed by atoms with Gasteiger partial charge in [-0.3, -0.25) is 0 Å². The molecule has 0 amide bonds. The number of halogens is 3. The van der Waals surface area contributed by atoms with E-state index in [1.165, 1.54) is 0 Å². The molecule has 2 rings (SSSR count). The maximum atomic E-state index is 12.7. The van der Waals surface area contributed by atoms with Crippen molar-refractivity contribution in [1.29, 1.82) is 0 Å². The molecular formula is C18H26F3NO. The van der Waals surface area contributed by atoms with Gasteiger partial charge in [0.1, 0.15) is 5.75 Å². The molecule has 2 nitrogen and oxygen atoms in total. The van der Waals surface area contributed by atoms with Crippen LogP contribution in [0.3, 0.4) is 0 Å². The standard InChI is InChI=1S/C18H26F3NO/c1-12(2)16-6-5-15(11-17(16)23-18(19,20)21)14-7-9-22(10-8-14)13(3)4/h5-6,11-14H,7-10H2,1-4H3. The number of piperidine rings is 1. The molecule has 1 saturated heterocycles. The zero-order chi connectivity index (χ0) is 17.2. The largest absolute Gasteiger partial charge is 0.573 e. The summed E-state index contributed by atoms with van der Waals surface area (Å²) in [7, 11) is 0. The molecular weight excluding hydrogens is 303 g/mol. The van der Waals surface area contributed by atoms with Gasteiger partial charge < -0.3 is 9.64 Å². The summed E-state index contributed by atoms with van der Waals surface area (Å²) in [4.78, 5) is 2.41. The Kier molecular flexibility index (Phi) is 5.61. The van der Waals surface area contributed by atoms with Crippen molar-refractivity contribution in [3.05, 3.63) is 29.3 Å². The molecule has 0 N–H and O–H groups in total. The Hall–Kier alpha value is -1.23. The third kappa shape index (κ3) is 4.87. The van der Waals surface area contributed by atoms with E-state index >= 15 is 0 Å². The van der Waals surface area contributed by atoms with Gasteiger partial charge in [0.25, 0.3) is 0 Å². The molecule has 0 aromatic heterocycles. The molecule has 23 heavy (non-hydrogen) atoms. The Bertz CT molecular complexity index is 517. The highest BCUT2D eigenvalue weighted by Crippen LogP contribution is 2.36. The van der Waals surface area contributed by atoms with E-state index in [2.05, 4.69) is 23.5 Å². The minimum Gasteiger partial charge on any atom is -0.405 e. The third-order valence-corrected chi connectivity index (χ3v) is 4.62. The van der Waals surface area contributed by atoms with Gasteiger partial charge in [-0.25, -0.2) is 0 Å². The molecule has 0 spiro atoms. The van der Waals surface area contributed by atoms with Crippen molar-refractivity contribution in [2.45, 2.75) is 64.8 Å². The number of ether oxygens (including phenoxy) is 1. The van der Waals surface area contributed by atoms with E-state index in [-0.39, 0.29) is 11.7 Å². The lowest BCUT2D eigenvalue weighted by Gasteiger charge is -2.35. The van der Waals surface area contributed by atoms with Gasteiger partial charge in [0, 0.05) is 6.04 Å². The number of hydrogen-bond acceptors (Lipinski definition) is 2. The fourth-order valence-electron chi connectivity index (χ4n) is 3.24. The van der Waals surface area contributed by atoms with Crippen molar-refractivity contribution in [1.82, 2.24) is 4.90 Å². The van der Waals surface area contributed by atoms with Gasteiger partial charge in [0.05, 0.1) is 0 Å². The molecule has 0 unspecified atom stereocenters. The van der Waals surface area contributed by atoms with Crippen molar-refractivity contribution < 1.29 is 17.9 Å². The average Bonchev–Trinajstić information content (AvgIpc) is 2.45. The monoisotopic (exact) mass is 329 g/mol. The van der Waals surface area contributed by atoms with Crippen LogP contribution in [-0.2, 0) is 0 Å². The predicted octanol–water partition coefficient (Wildman–Crippen LogP) is 5.30. The van der Waals surface area contributed by atoms with Crippen LogP contribution in [0.2, 0.25) is 0 Å². The van der Waals surface area contributed by atoms with E-state index in [9.17, 15) is 13.2 Å². The van der Waals surface area contributed by atoms with Crippen LogP contribution in [0.5, 0.6) is 5.75 Å². The van der Waals surface area contributed by atoms with Crippen LogP contribution in [0.15, 0.2) is 18.2 Å². The van der Waals surface area contributed by atoms with E-state index in [0.717, 1.165) is 31.5 Å². The first-order valence-electron chi connectivity index (χ1n) is 8.31. The van der Waals surface area contributed by atoms with E-state index < -0.39 is 6.36 Å². The van der Waals surface area contributed by atoms with E-state index in [4.69, 9.17) is 0 Å². The average molecular weight is 329 g/mol. The maximum Gasteiger partial charge on any atom is 0.573 e. The fraction of sp³-hybridized carbons (Fsp3) is 0.667. The van der Waals surface area contributed by atoms with Crippen LogP contribution in [0.4, 0.5) is 13.2 Å². The minimum atomic E-state index is -4.65. The van der Waals surface area contributed by atoms with Gasteiger partial charge in [0.15, 0.2) is 0 Å². The van der Waals surface area contributed by atoms with Gasteiger partial charge >= 0.3 is 6.36 Å². The molecule has 0 atom stereocenters. The number of hydrogen-bond donors (Lipinski definition) is 0. The maximum absolute atomic E-state index is 12.7. The van der Waals surface area contributed by atoms with Crippen molar-refractivity contribution in [2.75, 3.05) is 13.1 Å². The molecule has 1 heterocycles. The fourth-order valence-corrected chi connectivity index (χ4v) is 3.24. The second-order valence-corrected chi connectivity index (χ2v) is 6.90. The van der Waals surface area contributed by atoms with Gasteiger partial charge in [-0.2, -0.15) is 0 Å². The zero-order valence-corrected chi connectivity index (χ0v) is 14.3. The van der Waals surface area contributed by atoms with Crippen LogP contribution < -0.4 is 4.74 Å². The molecule has 1 aliphatic rings. The Morgan fingerprint density at radius 1 is 1.09 bits per heavy atom. The van der Waals surface area contributed by atoms with E-state index in [1.54, 1.807) is 12.1 Å². The smallest absolute Gasteiger partial charge is 0.405 e. The summed E-state index contributed by atoms with van der Waals surface area (Å²) in [5.41, 5.74) is 1.56. The number of likely N-dealkylation sites (tertiary alicyclic amines) is 1.